The Hall–Kier alpha value is -2.74. The predicted molar refractivity (Wildman–Crippen MR) is 88.5 cm³/mol. The molecule has 2 rings (SSSR count). The summed E-state index contributed by atoms with van der Waals surface area (Å²) in [6.45, 7) is 0.0799. The Kier molecular flexibility index (Phi) is 5.64. The smallest absolute Gasteiger partial charge is 0.328 e. The lowest BCUT2D eigenvalue weighted by Gasteiger charge is -2.12. The number of urea groups is 1. The van der Waals surface area contributed by atoms with Crippen LogP contribution in [-0.2, 0) is 16.6 Å². The molecule has 0 fully saturated rings. The molecule has 2 aromatic rings. The molecule has 0 spiro atoms. The van der Waals surface area contributed by atoms with E-state index in [0.29, 0.717) is 17.1 Å². The van der Waals surface area contributed by atoms with Crippen LogP contribution in [0.5, 0.6) is 11.5 Å². The second-order valence-corrected chi connectivity index (χ2v) is 6.46. The van der Waals surface area contributed by atoms with E-state index in [9.17, 15) is 13.2 Å². The molecule has 2 amide bonds. The van der Waals surface area contributed by atoms with E-state index in [2.05, 4.69) is 5.32 Å². The van der Waals surface area contributed by atoms with Gasteiger partial charge in [0.25, 0.3) is 10.0 Å². The van der Waals surface area contributed by atoms with Crippen molar-refractivity contribution in [1.29, 1.82) is 0 Å². The van der Waals surface area contributed by atoms with Crippen LogP contribution < -0.4 is 19.5 Å². The number of rotatable bonds is 6. The highest BCUT2D eigenvalue weighted by molar-refractivity contribution is 7.90. The Balaban J connectivity index is 2.04. The summed E-state index contributed by atoms with van der Waals surface area (Å²) in [6, 6.07) is 11.9. The summed E-state index contributed by atoms with van der Waals surface area (Å²) in [7, 11) is -0.879. The molecule has 2 aromatic carbocycles. The summed E-state index contributed by atoms with van der Waals surface area (Å²) in [5, 5.41) is 2.49. The minimum atomic E-state index is -3.91. The Morgan fingerprint density at radius 3 is 2.38 bits per heavy atom. The molecule has 0 bridgehead atoms. The quantitative estimate of drug-likeness (QED) is 0.830. The highest BCUT2D eigenvalue weighted by Crippen LogP contribution is 2.23. The number of carbonyl (C=O) groups is 1. The molecule has 24 heavy (non-hydrogen) atoms. The monoisotopic (exact) mass is 350 g/mol. The fourth-order valence-corrected chi connectivity index (χ4v) is 2.96. The largest absolute Gasteiger partial charge is 0.497 e. The maximum atomic E-state index is 12.1. The number of benzene rings is 2. The number of hydrogen-bond donors (Lipinski definition) is 2. The fourth-order valence-electron chi connectivity index (χ4n) is 2.01. The standard InChI is InChI=1S/C16H18N2O5S/c1-22-13-8-9-15(23-2)12(10-13)11-17-16(19)18-24(20,21)14-6-4-3-5-7-14/h3-10H,11H2,1-2H3,(H2,17,18,19). The molecule has 0 saturated carbocycles. The van der Waals surface area contributed by atoms with Gasteiger partial charge in [-0.15, -0.1) is 0 Å². The van der Waals surface area contributed by atoms with Crippen LogP contribution in [0.25, 0.3) is 0 Å². The first-order valence-electron chi connectivity index (χ1n) is 7.03. The lowest BCUT2D eigenvalue weighted by atomic mass is 10.2. The average Bonchev–Trinajstić information content (AvgIpc) is 2.60. The number of ether oxygens (including phenoxy) is 2. The van der Waals surface area contributed by atoms with Crippen molar-refractivity contribution < 1.29 is 22.7 Å². The zero-order chi connectivity index (χ0) is 17.6. The van der Waals surface area contributed by atoms with Gasteiger partial charge >= 0.3 is 6.03 Å². The summed E-state index contributed by atoms with van der Waals surface area (Å²) in [6.07, 6.45) is 0. The van der Waals surface area contributed by atoms with Gasteiger partial charge in [0.05, 0.1) is 19.1 Å². The van der Waals surface area contributed by atoms with E-state index < -0.39 is 16.1 Å². The van der Waals surface area contributed by atoms with Crippen LogP contribution in [0.4, 0.5) is 4.79 Å². The van der Waals surface area contributed by atoms with Crippen molar-refractivity contribution in [2.75, 3.05) is 14.2 Å². The highest BCUT2D eigenvalue weighted by atomic mass is 32.2. The van der Waals surface area contributed by atoms with Gasteiger partial charge in [-0.3, -0.25) is 0 Å². The molecule has 0 aliphatic carbocycles. The maximum Gasteiger partial charge on any atom is 0.328 e. The molecular weight excluding hydrogens is 332 g/mol. The third-order valence-corrected chi connectivity index (χ3v) is 4.55. The zero-order valence-electron chi connectivity index (χ0n) is 13.3. The molecule has 7 nitrogen and oxygen atoms in total. The van der Waals surface area contributed by atoms with Gasteiger partial charge < -0.3 is 14.8 Å². The first-order valence-corrected chi connectivity index (χ1v) is 8.51. The minimum Gasteiger partial charge on any atom is -0.497 e. The predicted octanol–water partition coefficient (Wildman–Crippen LogP) is 1.89. The third kappa shape index (κ3) is 4.39. The van der Waals surface area contributed by atoms with E-state index in [1.54, 1.807) is 36.4 Å². The second kappa shape index (κ2) is 7.69. The SMILES string of the molecule is COc1ccc(OC)c(CNC(=O)NS(=O)(=O)c2ccccc2)c1. The summed E-state index contributed by atoms with van der Waals surface area (Å²) in [4.78, 5) is 11.9. The Morgan fingerprint density at radius 2 is 1.75 bits per heavy atom. The summed E-state index contributed by atoms with van der Waals surface area (Å²) in [5.74, 6) is 1.16. The first-order chi connectivity index (χ1) is 11.5. The van der Waals surface area contributed by atoms with Crippen LogP contribution in [0.2, 0.25) is 0 Å². The van der Waals surface area contributed by atoms with Crippen LogP contribution in [-0.4, -0.2) is 28.7 Å². The lowest BCUT2D eigenvalue weighted by molar-refractivity contribution is 0.245. The lowest BCUT2D eigenvalue weighted by Crippen LogP contribution is -2.39. The van der Waals surface area contributed by atoms with Gasteiger partial charge in [-0.25, -0.2) is 17.9 Å². The Bertz CT molecular complexity index is 806. The molecule has 0 aliphatic heterocycles. The van der Waals surface area contributed by atoms with Gasteiger partial charge in [0.1, 0.15) is 11.5 Å². The van der Waals surface area contributed by atoms with Crippen LogP contribution in [0.3, 0.4) is 0 Å². The van der Waals surface area contributed by atoms with Crippen LogP contribution in [0, 0.1) is 0 Å². The molecule has 8 heteroatoms. The van der Waals surface area contributed by atoms with Crippen molar-refractivity contribution in [2.45, 2.75) is 11.4 Å². The minimum absolute atomic E-state index is 0.0131. The van der Waals surface area contributed by atoms with Crippen molar-refractivity contribution in [3.8, 4) is 11.5 Å². The highest BCUT2D eigenvalue weighted by Gasteiger charge is 2.17. The topological polar surface area (TPSA) is 93.7 Å². The number of hydrogen-bond acceptors (Lipinski definition) is 5. The van der Waals surface area contributed by atoms with E-state index in [1.807, 2.05) is 4.72 Å². The second-order valence-electron chi connectivity index (χ2n) is 4.78. The summed E-state index contributed by atoms with van der Waals surface area (Å²) < 4.78 is 36.4. The van der Waals surface area contributed by atoms with E-state index in [-0.39, 0.29) is 11.4 Å². The normalized spacial score (nSPS) is 10.8. The molecular formula is C16H18N2O5S. The van der Waals surface area contributed by atoms with E-state index in [4.69, 9.17) is 9.47 Å². The molecule has 0 aliphatic rings. The molecule has 0 heterocycles. The van der Waals surface area contributed by atoms with Crippen LogP contribution in [0.15, 0.2) is 53.4 Å². The average molecular weight is 350 g/mol. The van der Waals surface area contributed by atoms with Crippen molar-refractivity contribution in [2.24, 2.45) is 0 Å². The van der Waals surface area contributed by atoms with E-state index in [0.717, 1.165) is 0 Å². The van der Waals surface area contributed by atoms with Gasteiger partial charge in [-0.1, -0.05) is 18.2 Å². The van der Waals surface area contributed by atoms with Gasteiger partial charge in [0.2, 0.25) is 0 Å². The van der Waals surface area contributed by atoms with Gasteiger partial charge in [0.15, 0.2) is 0 Å². The fraction of sp³-hybridized carbons (Fsp3) is 0.188. The number of amides is 2. The molecule has 0 unspecified atom stereocenters. The molecule has 0 saturated heterocycles. The number of nitrogens with one attached hydrogen (secondary N) is 2. The third-order valence-electron chi connectivity index (χ3n) is 3.21. The number of carbonyl (C=O) groups excluding carboxylic acids is 1. The summed E-state index contributed by atoms with van der Waals surface area (Å²) in [5.41, 5.74) is 0.657. The Labute approximate surface area is 140 Å². The molecule has 128 valence electrons. The number of sulfonamides is 1. The molecule has 0 radical (unpaired) electrons. The van der Waals surface area contributed by atoms with Gasteiger partial charge in [-0.2, -0.15) is 0 Å². The summed E-state index contributed by atoms with van der Waals surface area (Å²) >= 11 is 0. The molecule has 0 atom stereocenters. The Morgan fingerprint density at radius 1 is 1.04 bits per heavy atom. The van der Waals surface area contributed by atoms with Crippen LogP contribution >= 0.6 is 0 Å². The van der Waals surface area contributed by atoms with Crippen molar-refractivity contribution in [3.05, 3.63) is 54.1 Å². The number of methoxy groups -OCH3 is 2. The maximum absolute atomic E-state index is 12.1. The van der Waals surface area contributed by atoms with Crippen LogP contribution in [0.1, 0.15) is 5.56 Å². The molecule has 2 N–H and O–H groups in total. The van der Waals surface area contributed by atoms with E-state index >= 15 is 0 Å². The zero-order valence-corrected chi connectivity index (χ0v) is 14.1. The first kappa shape index (κ1) is 17.6. The van der Waals surface area contributed by atoms with Crippen molar-refractivity contribution in [3.63, 3.8) is 0 Å². The molecule has 0 aromatic heterocycles. The van der Waals surface area contributed by atoms with Crippen molar-refractivity contribution >= 4 is 16.1 Å². The van der Waals surface area contributed by atoms with Crippen molar-refractivity contribution in [1.82, 2.24) is 10.0 Å². The van der Waals surface area contributed by atoms with Gasteiger partial charge in [0, 0.05) is 12.1 Å². The van der Waals surface area contributed by atoms with E-state index in [1.165, 1.54) is 26.4 Å². The van der Waals surface area contributed by atoms with Gasteiger partial charge in [-0.05, 0) is 30.3 Å².